The number of nitrogens with one attached hydrogen (secondary N) is 1. The Bertz CT molecular complexity index is 1960. The van der Waals surface area contributed by atoms with Crippen molar-refractivity contribution in [2.75, 3.05) is 30.8 Å². The number of fused-ring (bicyclic) bond motifs is 3. The average Bonchev–Trinajstić information content (AvgIpc) is 3.73. The van der Waals surface area contributed by atoms with Crippen LogP contribution in [-0.2, 0) is 50.4 Å². The lowest BCUT2D eigenvalue weighted by molar-refractivity contribution is -0.0607. The summed E-state index contributed by atoms with van der Waals surface area (Å²) in [6.07, 6.45) is -6.11. The standard InChI is InChI=1S/C24H27BFN9O9P2S/c25-45(37)39-6-12-18(15(26)23(41-12)34-9-32-16-20(27)30-8-31-22(16)34)44-46(38,47)40-7-13-19(43-45)17(36)24(42-13)35-21-14-10(3-5-29-21)28-4-1-2-11(14)33-35/h3,5,8-9,12-13,15,17-19,23-24,28,36H,1-2,4,6-7H2,(H,38,47)(H2,27,30,31)/t12-,13-,15?,17+,18+,19?,23-,24-,45?,46?/m1/s1. The van der Waals surface area contributed by atoms with E-state index in [1.807, 2.05) is 6.07 Å². The van der Waals surface area contributed by atoms with E-state index in [-0.39, 0.29) is 17.0 Å². The van der Waals surface area contributed by atoms with Crippen LogP contribution in [0.5, 0.6) is 0 Å². The van der Waals surface area contributed by atoms with Gasteiger partial charge in [-0.1, -0.05) is 0 Å². The summed E-state index contributed by atoms with van der Waals surface area (Å²) >= 11 is 5.24. The Hall–Kier alpha value is -2.68. The first kappa shape index (κ1) is 31.6. The molecule has 8 rings (SSSR count). The van der Waals surface area contributed by atoms with E-state index >= 15 is 4.39 Å². The van der Waals surface area contributed by atoms with Crippen LogP contribution >= 0.6 is 14.2 Å². The topological polar surface area (TPSA) is 225 Å². The highest BCUT2D eigenvalue weighted by Gasteiger charge is 2.53. The molecular weight excluding hydrogens is 682 g/mol. The molecule has 18 nitrogen and oxygen atoms in total. The number of halogens is 1. The molecule has 0 aromatic carbocycles. The molecule has 4 aliphatic rings. The number of pyridine rings is 1. The van der Waals surface area contributed by atoms with E-state index in [1.165, 1.54) is 21.9 Å². The fourth-order valence-corrected chi connectivity index (χ4v) is 8.72. The first-order valence-electron chi connectivity index (χ1n) is 14.5. The van der Waals surface area contributed by atoms with Crippen molar-refractivity contribution in [1.82, 2.24) is 34.3 Å². The van der Waals surface area contributed by atoms with Crippen LogP contribution in [0.1, 0.15) is 24.6 Å². The van der Waals surface area contributed by atoms with Gasteiger partial charge in [0.15, 0.2) is 35.7 Å². The molecule has 4 aromatic heterocycles. The summed E-state index contributed by atoms with van der Waals surface area (Å²) in [5.41, 5.74) is 8.27. The number of nitrogen functional groups attached to an aromatic ring is 1. The van der Waals surface area contributed by atoms with Crippen LogP contribution in [0, 0.1) is 0 Å². The zero-order valence-corrected chi connectivity index (χ0v) is 26.8. The molecule has 3 saturated heterocycles. The summed E-state index contributed by atoms with van der Waals surface area (Å²) in [6, 6.07) is 1.83. The Morgan fingerprint density at radius 3 is 2.72 bits per heavy atom. The monoisotopic (exact) mass is 709 g/mol. The van der Waals surface area contributed by atoms with Crippen LogP contribution in [0.15, 0.2) is 24.9 Å². The molecule has 0 spiro atoms. The molecule has 8 heterocycles. The van der Waals surface area contributed by atoms with E-state index in [2.05, 4.69) is 30.4 Å². The van der Waals surface area contributed by atoms with Crippen molar-refractivity contribution < 1.29 is 46.5 Å². The zero-order valence-electron chi connectivity index (χ0n) is 24.2. The third-order valence-corrected chi connectivity index (χ3v) is 11.0. The van der Waals surface area contributed by atoms with Crippen molar-refractivity contribution >= 4 is 67.3 Å². The second-order valence-corrected chi connectivity index (χ2v) is 15.7. The molecule has 47 heavy (non-hydrogen) atoms. The van der Waals surface area contributed by atoms with Crippen LogP contribution in [0.25, 0.3) is 22.2 Å². The van der Waals surface area contributed by atoms with Gasteiger partial charge in [-0.25, -0.2) is 29.0 Å². The van der Waals surface area contributed by atoms with E-state index in [4.69, 9.17) is 52.7 Å². The van der Waals surface area contributed by atoms with Gasteiger partial charge in [0.25, 0.3) is 7.47 Å². The minimum Gasteiger partial charge on any atom is -0.385 e. The van der Waals surface area contributed by atoms with Crippen molar-refractivity contribution in [3.8, 4) is 0 Å². The molecule has 4 aromatic rings. The maximum Gasteiger partial charge on any atom is 0.325 e. The van der Waals surface area contributed by atoms with Crippen molar-refractivity contribution in [1.29, 1.82) is 0 Å². The molecule has 0 bridgehead atoms. The lowest BCUT2D eigenvalue weighted by Crippen LogP contribution is -2.38. The van der Waals surface area contributed by atoms with E-state index in [0.29, 0.717) is 12.1 Å². The molecule has 2 radical (unpaired) electrons. The van der Waals surface area contributed by atoms with Crippen molar-refractivity contribution in [2.45, 2.75) is 62.0 Å². The molecule has 3 fully saturated rings. The number of aliphatic hydroxyl groups excluding tert-OH is 1. The number of anilines is 2. The summed E-state index contributed by atoms with van der Waals surface area (Å²) < 4.78 is 66.5. The van der Waals surface area contributed by atoms with Crippen LogP contribution in [0.2, 0.25) is 0 Å². The summed E-state index contributed by atoms with van der Waals surface area (Å²) in [4.78, 5) is 27.6. The molecular formula is C24H27BFN9O9P2S. The number of aryl methyl sites for hydroxylation is 1. The third-order valence-electron chi connectivity index (χ3n) is 8.39. The number of alkyl halides is 1. The van der Waals surface area contributed by atoms with Gasteiger partial charge in [0.1, 0.15) is 42.4 Å². The molecule has 248 valence electrons. The summed E-state index contributed by atoms with van der Waals surface area (Å²) in [6.45, 7) is -4.61. The lowest BCUT2D eigenvalue weighted by Gasteiger charge is -2.30. The number of aliphatic hydroxyl groups is 1. The minimum absolute atomic E-state index is 0.0688. The quantitative estimate of drug-likeness (QED) is 0.168. The fourth-order valence-electron chi connectivity index (χ4n) is 6.26. The summed E-state index contributed by atoms with van der Waals surface area (Å²) in [5.74, 6) is 0.0688. The number of ether oxygens (including phenoxy) is 2. The van der Waals surface area contributed by atoms with E-state index in [9.17, 15) is 14.6 Å². The molecule has 5 N–H and O–H groups in total. The molecule has 10 atom stereocenters. The molecule has 0 amide bonds. The van der Waals surface area contributed by atoms with Crippen molar-refractivity contribution in [3.63, 3.8) is 0 Å². The van der Waals surface area contributed by atoms with Gasteiger partial charge in [-0.15, -0.1) is 0 Å². The normalized spacial score (nSPS) is 37.9. The van der Waals surface area contributed by atoms with Gasteiger partial charge in [0, 0.05) is 18.4 Å². The van der Waals surface area contributed by atoms with Gasteiger partial charge >= 0.3 is 6.72 Å². The number of hydrogen-bond acceptors (Lipinski definition) is 16. The Balaban J connectivity index is 1.08. The molecule has 0 aliphatic carbocycles. The number of nitrogens with two attached hydrogens (primary N) is 1. The summed E-state index contributed by atoms with van der Waals surface area (Å²) in [5, 5.41) is 20.3. The number of aromatic nitrogens is 7. The first-order chi connectivity index (χ1) is 22.5. The summed E-state index contributed by atoms with van der Waals surface area (Å²) in [7, 11) is 1.49. The highest BCUT2D eigenvalue weighted by atomic mass is 32.5. The molecule has 4 unspecified atom stereocenters. The van der Waals surface area contributed by atoms with Crippen molar-refractivity contribution in [2.24, 2.45) is 0 Å². The van der Waals surface area contributed by atoms with Crippen LogP contribution in [-0.4, -0.2) is 108 Å². The van der Waals surface area contributed by atoms with Gasteiger partial charge in [0.05, 0.1) is 30.6 Å². The zero-order chi connectivity index (χ0) is 32.7. The predicted octanol–water partition coefficient (Wildman–Crippen LogP) is 1.02. The average molecular weight is 709 g/mol. The minimum atomic E-state index is -4.49. The van der Waals surface area contributed by atoms with Crippen LogP contribution < -0.4 is 11.1 Å². The predicted molar refractivity (Wildman–Crippen MR) is 164 cm³/mol. The fraction of sp³-hybridized carbons (Fsp3) is 0.542. The SMILES string of the molecule is [B]P1(=O)OC[C@H]2O[C@@H](n3cnc4c(N)ncnc43)C(F)[C@H]2OP(O)(=S)OC[C@H]2O[C@@H](n3nc4c5c(ccnc53)NCCC4)[C@@H](O)C2O1. The smallest absolute Gasteiger partial charge is 0.325 e. The third kappa shape index (κ3) is 5.56. The molecule has 23 heteroatoms. The van der Waals surface area contributed by atoms with Gasteiger partial charge in [-0.3, -0.25) is 13.7 Å². The molecule has 4 aliphatic heterocycles. The van der Waals surface area contributed by atoms with E-state index < -0.39 is 76.6 Å². The Labute approximate surface area is 271 Å². The van der Waals surface area contributed by atoms with Gasteiger partial charge in [-0.2, -0.15) is 5.10 Å². The number of imidazole rings is 1. The van der Waals surface area contributed by atoms with E-state index in [1.54, 1.807) is 6.20 Å². The highest BCUT2D eigenvalue weighted by molar-refractivity contribution is 8.07. The number of hydrogen-bond donors (Lipinski definition) is 4. The number of rotatable bonds is 2. The maximum atomic E-state index is 16.1. The van der Waals surface area contributed by atoms with Gasteiger partial charge < -0.3 is 44.1 Å². The maximum absolute atomic E-state index is 16.1. The Morgan fingerprint density at radius 1 is 1.09 bits per heavy atom. The Kier molecular flexibility index (Phi) is 7.89. The van der Waals surface area contributed by atoms with Crippen molar-refractivity contribution in [3.05, 3.63) is 30.6 Å². The second-order valence-electron chi connectivity index (χ2n) is 11.4. The second kappa shape index (κ2) is 11.7. The molecule has 0 saturated carbocycles. The van der Waals surface area contributed by atoms with Crippen LogP contribution in [0.3, 0.4) is 0 Å². The largest absolute Gasteiger partial charge is 0.385 e. The Morgan fingerprint density at radius 2 is 1.87 bits per heavy atom. The highest BCUT2D eigenvalue weighted by Crippen LogP contribution is 2.54. The number of nitrogens with zero attached hydrogens (tertiary/aromatic N) is 7. The first-order valence-corrected chi connectivity index (χ1v) is 18.7. The lowest BCUT2D eigenvalue weighted by atomic mass is 10.1. The van der Waals surface area contributed by atoms with Gasteiger partial charge in [0.2, 0.25) is 7.57 Å². The van der Waals surface area contributed by atoms with Gasteiger partial charge in [-0.05, 0) is 30.7 Å². The van der Waals surface area contributed by atoms with E-state index in [0.717, 1.165) is 29.7 Å². The van der Waals surface area contributed by atoms with Crippen LogP contribution in [0.4, 0.5) is 15.9 Å².